The molecule has 0 saturated carbocycles. The number of carbonyl (C=O) groups excluding carboxylic acids is 1. The normalized spacial score (nSPS) is 11.9. The van der Waals surface area contributed by atoms with Gasteiger partial charge in [-0.05, 0) is 58.7 Å². The fourth-order valence-electron chi connectivity index (χ4n) is 1.82. The molecular formula is C15H14BrClN2O. The van der Waals surface area contributed by atoms with Crippen molar-refractivity contribution in [3.63, 3.8) is 0 Å². The lowest BCUT2D eigenvalue weighted by Gasteiger charge is -2.15. The van der Waals surface area contributed by atoms with Gasteiger partial charge in [-0.1, -0.05) is 23.7 Å². The number of anilines is 1. The molecule has 3 nitrogen and oxygen atoms in total. The molecule has 104 valence electrons. The van der Waals surface area contributed by atoms with E-state index < -0.39 is 0 Å². The lowest BCUT2D eigenvalue weighted by Crippen LogP contribution is -2.26. The lowest BCUT2D eigenvalue weighted by molar-refractivity contribution is 0.0940. The monoisotopic (exact) mass is 352 g/mol. The van der Waals surface area contributed by atoms with E-state index >= 15 is 0 Å². The number of nitrogens with two attached hydrogens (primary N) is 1. The Morgan fingerprint density at radius 1 is 1.30 bits per heavy atom. The summed E-state index contributed by atoms with van der Waals surface area (Å²) < 4.78 is 0.775. The molecule has 0 bridgehead atoms. The molecule has 0 unspecified atom stereocenters. The second-order valence-electron chi connectivity index (χ2n) is 4.49. The summed E-state index contributed by atoms with van der Waals surface area (Å²) in [5, 5.41) is 3.57. The molecule has 3 N–H and O–H groups in total. The number of carbonyl (C=O) groups is 1. The zero-order valence-electron chi connectivity index (χ0n) is 10.9. The van der Waals surface area contributed by atoms with E-state index in [-0.39, 0.29) is 11.9 Å². The third-order valence-corrected chi connectivity index (χ3v) is 3.91. The van der Waals surface area contributed by atoms with Crippen molar-refractivity contribution in [3.8, 4) is 0 Å². The molecule has 2 aromatic carbocycles. The SMILES string of the molecule is C[C@@H](NC(=O)c1ccc(Br)c(N)c1)c1cccc(Cl)c1. The number of halogens is 2. The van der Waals surface area contributed by atoms with Crippen LogP contribution in [-0.4, -0.2) is 5.91 Å². The molecule has 0 saturated heterocycles. The zero-order valence-corrected chi connectivity index (χ0v) is 13.2. The number of hydrogen-bond acceptors (Lipinski definition) is 2. The number of nitrogen functional groups attached to an aromatic ring is 1. The third kappa shape index (κ3) is 3.52. The Balaban J connectivity index is 2.13. The van der Waals surface area contributed by atoms with Gasteiger partial charge in [0.25, 0.3) is 5.91 Å². The second-order valence-corrected chi connectivity index (χ2v) is 5.78. The summed E-state index contributed by atoms with van der Waals surface area (Å²) in [7, 11) is 0. The number of benzene rings is 2. The van der Waals surface area contributed by atoms with E-state index in [0.717, 1.165) is 10.0 Å². The van der Waals surface area contributed by atoms with Crippen molar-refractivity contribution >= 4 is 39.1 Å². The quantitative estimate of drug-likeness (QED) is 0.813. The number of amides is 1. The molecule has 0 aliphatic rings. The van der Waals surface area contributed by atoms with Gasteiger partial charge in [-0.2, -0.15) is 0 Å². The van der Waals surface area contributed by atoms with Crippen LogP contribution in [0.3, 0.4) is 0 Å². The van der Waals surface area contributed by atoms with E-state index in [1.54, 1.807) is 24.3 Å². The fraction of sp³-hybridized carbons (Fsp3) is 0.133. The Hall–Kier alpha value is -1.52. The van der Waals surface area contributed by atoms with Crippen molar-refractivity contribution in [3.05, 3.63) is 63.1 Å². The van der Waals surface area contributed by atoms with Gasteiger partial charge in [0.1, 0.15) is 0 Å². The predicted molar refractivity (Wildman–Crippen MR) is 85.9 cm³/mol. The minimum atomic E-state index is -0.170. The first-order valence-corrected chi connectivity index (χ1v) is 7.26. The Morgan fingerprint density at radius 3 is 2.70 bits per heavy atom. The molecule has 0 spiro atoms. The molecule has 0 aromatic heterocycles. The highest BCUT2D eigenvalue weighted by atomic mass is 79.9. The van der Waals surface area contributed by atoms with Gasteiger partial charge in [-0.15, -0.1) is 0 Å². The van der Waals surface area contributed by atoms with Gasteiger partial charge in [0.2, 0.25) is 0 Å². The van der Waals surface area contributed by atoms with Gasteiger partial charge in [-0.25, -0.2) is 0 Å². The van der Waals surface area contributed by atoms with E-state index in [1.807, 2.05) is 25.1 Å². The fourth-order valence-corrected chi connectivity index (χ4v) is 2.27. The van der Waals surface area contributed by atoms with Crippen LogP contribution in [0.5, 0.6) is 0 Å². The Kier molecular flexibility index (Phi) is 4.68. The third-order valence-electron chi connectivity index (χ3n) is 2.95. The highest BCUT2D eigenvalue weighted by molar-refractivity contribution is 9.10. The summed E-state index contributed by atoms with van der Waals surface area (Å²) in [5.74, 6) is -0.170. The van der Waals surface area contributed by atoms with Crippen molar-refractivity contribution in [1.82, 2.24) is 5.32 Å². The molecule has 1 atom stereocenters. The van der Waals surface area contributed by atoms with Crippen LogP contribution in [-0.2, 0) is 0 Å². The molecule has 2 rings (SSSR count). The Labute approximate surface area is 131 Å². The molecule has 0 aliphatic heterocycles. The van der Waals surface area contributed by atoms with Crippen LogP contribution in [0, 0.1) is 0 Å². The van der Waals surface area contributed by atoms with Crippen molar-refractivity contribution < 1.29 is 4.79 Å². The molecule has 0 radical (unpaired) electrons. The Bertz CT molecular complexity index is 646. The molecule has 0 aliphatic carbocycles. The van der Waals surface area contributed by atoms with Gasteiger partial charge in [-0.3, -0.25) is 4.79 Å². The Morgan fingerprint density at radius 2 is 2.05 bits per heavy atom. The van der Waals surface area contributed by atoms with Gasteiger partial charge in [0, 0.05) is 20.7 Å². The number of nitrogens with one attached hydrogen (secondary N) is 1. The molecule has 0 heterocycles. The summed E-state index contributed by atoms with van der Waals surface area (Å²) >= 11 is 9.25. The van der Waals surface area contributed by atoms with Crippen molar-refractivity contribution in [2.45, 2.75) is 13.0 Å². The van der Waals surface area contributed by atoms with Gasteiger partial charge in [0.15, 0.2) is 0 Å². The largest absolute Gasteiger partial charge is 0.398 e. The summed E-state index contributed by atoms with van der Waals surface area (Å²) in [4.78, 5) is 12.2. The summed E-state index contributed by atoms with van der Waals surface area (Å²) in [6, 6.07) is 12.4. The van der Waals surface area contributed by atoms with E-state index in [9.17, 15) is 4.79 Å². The average molecular weight is 354 g/mol. The van der Waals surface area contributed by atoms with Crippen molar-refractivity contribution in [1.29, 1.82) is 0 Å². The number of hydrogen-bond donors (Lipinski definition) is 2. The maximum absolute atomic E-state index is 12.2. The van der Waals surface area contributed by atoms with Crippen LogP contribution in [0.25, 0.3) is 0 Å². The molecule has 5 heteroatoms. The lowest BCUT2D eigenvalue weighted by atomic mass is 10.1. The molecule has 2 aromatic rings. The van der Waals surface area contributed by atoms with Gasteiger partial charge >= 0.3 is 0 Å². The second kappa shape index (κ2) is 6.29. The van der Waals surface area contributed by atoms with Crippen LogP contribution in [0.1, 0.15) is 28.9 Å². The van der Waals surface area contributed by atoms with E-state index in [4.69, 9.17) is 17.3 Å². The molecule has 1 amide bonds. The average Bonchev–Trinajstić information content (AvgIpc) is 2.41. The molecular weight excluding hydrogens is 340 g/mol. The maximum Gasteiger partial charge on any atom is 0.251 e. The van der Waals surface area contributed by atoms with Crippen molar-refractivity contribution in [2.75, 3.05) is 5.73 Å². The van der Waals surface area contributed by atoms with Gasteiger partial charge < -0.3 is 11.1 Å². The minimum absolute atomic E-state index is 0.133. The minimum Gasteiger partial charge on any atom is -0.398 e. The first-order valence-electron chi connectivity index (χ1n) is 6.08. The topological polar surface area (TPSA) is 55.1 Å². The first kappa shape index (κ1) is 14.9. The van der Waals surface area contributed by atoms with Crippen LogP contribution in [0.15, 0.2) is 46.9 Å². The standard InChI is InChI=1S/C15H14BrClN2O/c1-9(10-3-2-4-12(17)7-10)19-15(20)11-5-6-13(16)14(18)8-11/h2-9H,18H2,1H3,(H,19,20)/t9-/m1/s1. The zero-order chi connectivity index (χ0) is 14.7. The summed E-state index contributed by atoms with van der Waals surface area (Å²) in [6.45, 7) is 1.91. The predicted octanol–water partition coefficient (Wildman–Crippen LogP) is 4.18. The van der Waals surface area contributed by atoms with E-state index in [0.29, 0.717) is 16.3 Å². The van der Waals surface area contributed by atoms with E-state index in [2.05, 4.69) is 21.2 Å². The van der Waals surface area contributed by atoms with E-state index in [1.165, 1.54) is 0 Å². The van der Waals surface area contributed by atoms with Crippen LogP contribution >= 0.6 is 27.5 Å². The summed E-state index contributed by atoms with van der Waals surface area (Å²) in [6.07, 6.45) is 0. The highest BCUT2D eigenvalue weighted by Gasteiger charge is 2.12. The maximum atomic E-state index is 12.2. The van der Waals surface area contributed by atoms with Crippen LogP contribution in [0.2, 0.25) is 5.02 Å². The first-order chi connectivity index (χ1) is 9.47. The van der Waals surface area contributed by atoms with Crippen LogP contribution in [0.4, 0.5) is 5.69 Å². The number of rotatable bonds is 3. The smallest absolute Gasteiger partial charge is 0.251 e. The summed E-state index contributed by atoms with van der Waals surface area (Å²) in [5.41, 5.74) is 7.79. The van der Waals surface area contributed by atoms with Crippen molar-refractivity contribution in [2.24, 2.45) is 0 Å². The van der Waals surface area contributed by atoms with Crippen LogP contribution < -0.4 is 11.1 Å². The highest BCUT2D eigenvalue weighted by Crippen LogP contribution is 2.21. The molecule has 0 fully saturated rings. The molecule has 20 heavy (non-hydrogen) atoms. The van der Waals surface area contributed by atoms with Gasteiger partial charge in [0.05, 0.1) is 6.04 Å².